The van der Waals surface area contributed by atoms with E-state index in [0.29, 0.717) is 22.3 Å². The van der Waals surface area contributed by atoms with E-state index in [1.165, 1.54) is 18.1 Å². The molecule has 0 saturated carbocycles. The first kappa shape index (κ1) is 21.7. The summed E-state index contributed by atoms with van der Waals surface area (Å²) in [5, 5.41) is 4.03. The summed E-state index contributed by atoms with van der Waals surface area (Å²) >= 11 is 11.7. The smallest absolute Gasteiger partial charge is 0.382 e. The fourth-order valence-electron chi connectivity index (χ4n) is 3.81. The van der Waals surface area contributed by atoms with Crippen molar-refractivity contribution >= 4 is 60.1 Å². The lowest BCUT2D eigenvalue weighted by Crippen LogP contribution is -2.49. The van der Waals surface area contributed by atoms with E-state index >= 15 is 0 Å². The summed E-state index contributed by atoms with van der Waals surface area (Å²) in [5.74, 6) is 0.912. The van der Waals surface area contributed by atoms with Gasteiger partial charge in [-0.05, 0) is 24.3 Å². The Morgan fingerprint density at radius 2 is 2.16 bits per heavy atom. The van der Waals surface area contributed by atoms with Crippen molar-refractivity contribution in [2.24, 2.45) is 0 Å². The van der Waals surface area contributed by atoms with Crippen molar-refractivity contribution in [1.82, 2.24) is 9.97 Å². The number of aromatic nitrogens is 2. The minimum Gasteiger partial charge on any atom is -0.382 e. The molecule has 10 nitrogen and oxygen atoms in total. The number of benzene rings is 1. The number of fused-ring (bicyclic) bond motifs is 2. The standard InChI is InChI=1S/C17H20ClN5O5PS2/c1-25-13-12-10(6-26-29(24,30)28-12)27-16(13)23-15-11(14(19)20-7-21-15)22-17(23)31-9-4-2-8(18)3-5-9/h2-5,7,10,12-13,16-17,22,24,30H,6H2,1H3,(H2,19,20,21)/q+1/t10-,12-,13?,16?,17?,29?/m1/s1. The number of thiol groups is 1. The van der Waals surface area contributed by atoms with Crippen molar-refractivity contribution in [3.05, 3.63) is 35.6 Å². The number of thioether (sulfide) groups is 1. The maximum atomic E-state index is 10.2. The van der Waals surface area contributed by atoms with Crippen LogP contribution < -0.4 is 16.0 Å². The number of nitrogens with two attached hydrogens (primary N) is 1. The molecule has 4 heterocycles. The highest BCUT2D eigenvalue weighted by Crippen LogP contribution is 2.66. The van der Waals surface area contributed by atoms with E-state index in [0.717, 1.165) is 4.90 Å². The molecule has 6 atom stereocenters. The molecule has 2 saturated heterocycles. The van der Waals surface area contributed by atoms with Gasteiger partial charge in [-0.3, -0.25) is 4.90 Å². The van der Waals surface area contributed by atoms with Gasteiger partial charge in [-0.25, -0.2) is 9.97 Å². The minimum absolute atomic E-state index is 0.143. The Hall–Kier alpha value is -1.08. The van der Waals surface area contributed by atoms with Gasteiger partial charge in [-0.15, -0.1) is 0 Å². The molecule has 4 N–H and O–H groups in total. The minimum atomic E-state index is -3.23. The van der Waals surface area contributed by atoms with Crippen LogP contribution in [0.4, 0.5) is 17.3 Å². The Kier molecular flexibility index (Phi) is 5.87. The predicted molar refractivity (Wildman–Crippen MR) is 122 cm³/mol. The van der Waals surface area contributed by atoms with Gasteiger partial charge in [0.05, 0.1) is 12.2 Å². The van der Waals surface area contributed by atoms with Crippen LogP contribution in [0.15, 0.2) is 35.5 Å². The molecule has 166 valence electrons. The third-order valence-electron chi connectivity index (χ3n) is 5.18. The van der Waals surface area contributed by atoms with Gasteiger partial charge >= 0.3 is 7.15 Å². The Labute approximate surface area is 193 Å². The molecule has 2 aromatic rings. The lowest BCUT2D eigenvalue weighted by Gasteiger charge is -2.33. The van der Waals surface area contributed by atoms with E-state index < -0.39 is 31.7 Å². The third-order valence-corrected chi connectivity index (χ3v) is 8.18. The highest BCUT2D eigenvalue weighted by atomic mass is 35.5. The topological polar surface area (TPSA) is 124 Å². The number of rotatable bonds is 4. The fraction of sp³-hybridized carbons (Fsp3) is 0.412. The van der Waals surface area contributed by atoms with Crippen LogP contribution in [0.1, 0.15) is 0 Å². The van der Waals surface area contributed by atoms with Gasteiger partial charge < -0.3 is 20.5 Å². The molecule has 0 aliphatic carbocycles. The van der Waals surface area contributed by atoms with Gasteiger partial charge in [-0.1, -0.05) is 23.4 Å². The summed E-state index contributed by atoms with van der Waals surface area (Å²) in [5.41, 5.74) is 6.38. The Balaban J connectivity index is 1.49. The van der Waals surface area contributed by atoms with Gasteiger partial charge in [0, 0.05) is 17.0 Å². The van der Waals surface area contributed by atoms with Crippen LogP contribution in [0.5, 0.6) is 0 Å². The molecular formula is C17H20ClN5O5PS2+. The zero-order valence-electron chi connectivity index (χ0n) is 16.2. The summed E-state index contributed by atoms with van der Waals surface area (Å²) in [6.45, 7) is 0.143. The van der Waals surface area contributed by atoms with Gasteiger partial charge in [-0.2, -0.15) is 13.9 Å². The highest BCUT2D eigenvalue weighted by molar-refractivity contribution is 8.47. The van der Waals surface area contributed by atoms with E-state index in [1.807, 2.05) is 29.2 Å². The number of nitrogens with one attached hydrogen (secondary N) is 1. The van der Waals surface area contributed by atoms with Crippen LogP contribution in [0.25, 0.3) is 0 Å². The van der Waals surface area contributed by atoms with Crippen LogP contribution in [0.2, 0.25) is 5.02 Å². The number of halogens is 1. The molecule has 0 radical (unpaired) electrons. The molecule has 14 heteroatoms. The van der Waals surface area contributed by atoms with Gasteiger partial charge in [0.2, 0.25) is 0 Å². The molecule has 3 aliphatic heterocycles. The number of methoxy groups -OCH3 is 1. The molecule has 3 aliphatic rings. The second-order valence-electron chi connectivity index (χ2n) is 7.06. The summed E-state index contributed by atoms with van der Waals surface area (Å²) < 4.78 is 23.1. The van der Waals surface area contributed by atoms with E-state index in [-0.39, 0.29) is 12.1 Å². The second-order valence-corrected chi connectivity index (χ2v) is 11.6. The number of hydrogen-bond donors (Lipinski definition) is 4. The molecule has 0 spiro atoms. The normalized spacial score (nSPS) is 34.3. The zero-order chi connectivity index (χ0) is 21.8. The first-order valence-electron chi connectivity index (χ1n) is 9.29. The van der Waals surface area contributed by atoms with Gasteiger partial charge in [0.1, 0.15) is 30.8 Å². The molecule has 4 unspecified atom stereocenters. The number of ether oxygens (including phenoxy) is 2. The molecular weight excluding hydrogens is 485 g/mol. The van der Waals surface area contributed by atoms with E-state index in [2.05, 4.69) is 27.5 Å². The Bertz CT molecular complexity index is 976. The number of nitrogens with zero attached hydrogens (tertiary/aromatic N) is 3. The highest BCUT2D eigenvalue weighted by Gasteiger charge is 2.61. The molecule has 2 fully saturated rings. The van der Waals surface area contributed by atoms with E-state index in [9.17, 15) is 4.89 Å². The first-order valence-corrected chi connectivity index (χ1v) is 13.3. The van der Waals surface area contributed by atoms with Crippen LogP contribution in [0, 0.1) is 0 Å². The molecule has 31 heavy (non-hydrogen) atoms. The van der Waals surface area contributed by atoms with Gasteiger partial charge in [0.25, 0.3) is 0 Å². The second kappa shape index (κ2) is 8.36. The third kappa shape index (κ3) is 4.05. The average Bonchev–Trinajstić information content (AvgIpc) is 3.26. The number of hydrogen-bond acceptors (Lipinski definition) is 12. The van der Waals surface area contributed by atoms with E-state index in [1.54, 1.807) is 7.11 Å². The average molecular weight is 505 g/mol. The molecule has 5 rings (SSSR count). The molecule has 1 aromatic carbocycles. The van der Waals surface area contributed by atoms with Crippen molar-refractivity contribution in [3.63, 3.8) is 0 Å². The zero-order valence-corrected chi connectivity index (χ0v) is 19.5. The van der Waals surface area contributed by atoms with Crippen molar-refractivity contribution in [2.75, 3.05) is 29.7 Å². The molecule has 1 aromatic heterocycles. The van der Waals surface area contributed by atoms with Crippen LogP contribution in [-0.2, 0) is 18.5 Å². The maximum Gasteiger partial charge on any atom is 0.476 e. The Morgan fingerprint density at radius 3 is 2.90 bits per heavy atom. The fourth-order valence-corrected chi connectivity index (χ4v) is 6.50. The number of nitrogen functional groups attached to an aromatic ring is 1. The van der Waals surface area contributed by atoms with Crippen LogP contribution in [-0.4, -0.2) is 58.6 Å². The number of anilines is 3. The lowest BCUT2D eigenvalue weighted by atomic mass is 10.1. The summed E-state index contributed by atoms with van der Waals surface area (Å²) in [6, 6.07) is 7.50. The largest absolute Gasteiger partial charge is 0.476 e. The van der Waals surface area contributed by atoms with Crippen molar-refractivity contribution in [1.29, 1.82) is 0 Å². The van der Waals surface area contributed by atoms with Crippen molar-refractivity contribution < 1.29 is 23.4 Å². The SMILES string of the molecule is COC1C(N2c3ncnc(N)c3NC2Sc2ccc(Cl)cc2)O[C@@H]2CO[P+](O)(S)O[C@@H]12. The van der Waals surface area contributed by atoms with E-state index in [4.69, 9.17) is 35.9 Å². The monoisotopic (exact) mass is 504 g/mol. The first-order chi connectivity index (χ1) is 14.9. The van der Waals surface area contributed by atoms with Crippen LogP contribution >= 0.6 is 42.8 Å². The molecule has 0 bridgehead atoms. The summed E-state index contributed by atoms with van der Waals surface area (Å²) in [7, 11) is -1.66. The Morgan fingerprint density at radius 1 is 1.39 bits per heavy atom. The molecule has 0 amide bonds. The summed E-state index contributed by atoms with van der Waals surface area (Å²) in [4.78, 5) is 21.6. The maximum absolute atomic E-state index is 10.2. The van der Waals surface area contributed by atoms with Crippen molar-refractivity contribution in [3.8, 4) is 0 Å². The van der Waals surface area contributed by atoms with Crippen molar-refractivity contribution in [2.45, 2.75) is 34.9 Å². The predicted octanol–water partition coefficient (Wildman–Crippen LogP) is 2.78. The summed E-state index contributed by atoms with van der Waals surface area (Å²) in [6.07, 6.45) is -0.719. The van der Waals surface area contributed by atoms with Gasteiger partial charge in [0.15, 0.2) is 29.5 Å². The lowest BCUT2D eigenvalue weighted by molar-refractivity contribution is -0.0445. The van der Waals surface area contributed by atoms with Crippen LogP contribution in [0.3, 0.4) is 0 Å². The quantitative estimate of drug-likeness (QED) is 0.363.